The topological polar surface area (TPSA) is 165 Å². The highest BCUT2D eigenvalue weighted by Crippen LogP contribution is 2.40. The van der Waals surface area contributed by atoms with Crippen molar-refractivity contribution in [1.29, 1.82) is 0 Å². The summed E-state index contributed by atoms with van der Waals surface area (Å²) in [7, 11) is 4.00. The van der Waals surface area contributed by atoms with Gasteiger partial charge in [0, 0.05) is 76.2 Å². The molecule has 0 aromatic heterocycles. The Labute approximate surface area is 404 Å². The lowest BCUT2D eigenvalue weighted by Gasteiger charge is -2.24. The van der Waals surface area contributed by atoms with Crippen molar-refractivity contribution in [1.82, 2.24) is 16.0 Å². The number of aryl methyl sites for hydroxylation is 1. The molecular formula is C54H52N5O7S2-. The number of thiocarbonyl (C=S) groups is 1. The summed E-state index contributed by atoms with van der Waals surface area (Å²) < 4.78 is 11.2. The van der Waals surface area contributed by atoms with Crippen molar-refractivity contribution in [3.05, 3.63) is 175 Å². The minimum Gasteiger partial charge on any atom is -0.545 e. The summed E-state index contributed by atoms with van der Waals surface area (Å²) in [4.78, 5) is 45.0. The molecule has 6 aromatic rings. The van der Waals surface area contributed by atoms with Crippen molar-refractivity contribution in [3.63, 3.8) is 0 Å². The van der Waals surface area contributed by atoms with Gasteiger partial charge in [-0.3, -0.25) is 9.59 Å². The Morgan fingerprint density at radius 3 is 2.38 bits per heavy atom. The Kier molecular flexibility index (Phi) is 16.4. The zero-order valence-electron chi connectivity index (χ0n) is 38.1. The monoisotopic (exact) mass is 946 g/mol. The third-order valence-electron chi connectivity index (χ3n) is 11.1. The van der Waals surface area contributed by atoms with Gasteiger partial charge in [-0.2, -0.15) is 0 Å². The number of carbonyl (C=O) groups is 3. The lowest BCUT2D eigenvalue weighted by atomic mass is 9.88. The minimum atomic E-state index is -1.33. The molecule has 68 heavy (non-hydrogen) atoms. The summed E-state index contributed by atoms with van der Waals surface area (Å²) in [5, 5.41) is 33.3. The van der Waals surface area contributed by atoms with Crippen LogP contribution in [0.25, 0.3) is 18.7 Å². The lowest BCUT2D eigenvalue weighted by molar-refractivity contribution is -0.255. The van der Waals surface area contributed by atoms with Crippen molar-refractivity contribution < 1.29 is 34.1 Å². The first kappa shape index (κ1) is 49.0. The molecule has 0 aliphatic carbocycles. The van der Waals surface area contributed by atoms with Crippen LogP contribution in [0.15, 0.2) is 130 Å². The van der Waals surface area contributed by atoms with Crippen LogP contribution < -0.4 is 51.7 Å². The highest BCUT2D eigenvalue weighted by atomic mass is 32.2. The van der Waals surface area contributed by atoms with Crippen LogP contribution in [0.2, 0.25) is 0 Å². The first-order valence-corrected chi connectivity index (χ1v) is 23.2. The number of ketones is 1. The number of carboxylic acid groups (broad SMARTS) is 1. The fraction of sp³-hybridized carbons (Fsp3) is 0.204. The zero-order valence-corrected chi connectivity index (χ0v) is 39.8. The van der Waals surface area contributed by atoms with Crippen molar-refractivity contribution in [3.8, 4) is 11.5 Å². The molecule has 0 unspecified atom stereocenters. The number of benzene rings is 6. The number of nitrogens with zero attached hydrogens (tertiary/aromatic N) is 2. The number of aliphatic hydroxyl groups excluding tert-OH is 1. The molecule has 2 aliphatic rings. The molecule has 12 nitrogen and oxygen atoms in total. The van der Waals surface area contributed by atoms with E-state index in [9.17, 15) is 19.5 Å². The maximum Gasteiger partial charge on any atom is 0.246 e. The van der Waals surface area contributed by atoms with E-state index >= 15 is 0 Å². The maximum absolute atomic E-state index is 12.3. The summed E-state index contributed by atoms with van der Waals surface area (Å²) >= 11 is 7.36. The van der Waals surface area contributed by atoms with Gasteiger partial charge < -0.3 is 45.3 Å². The van der Waals surface area contributed by atoms with Crippen molar-refractivity contribution in [2.24, 2.45) is 4.99 Å². The smallest absolute Gasteiger partial charge is 0.246 e. The summed E-state index contributed by atoms with van der Waals surface area (Å²) in [6, 6.07) is 37.6. The van der Waals surface area contributed by atoms with E-state index < -0.39 is 24.3 Å². The average Bonchev–Trinajstić information content (AvgIpc) is 3.33. The van der Waals surface area contributed by atoms with Crippen LogP contribution in [0.3, 0.4) is 0 Å². The molecule has 0 bridgehead atoms. The largest absolute Gasteiger partial charge is 0.545 e. The van der Waals surface area contributed by atoms with Crippen molar-refractivity contribution in [2.75, 3.05) is 51.9 Å². The molecular weight excluding hydrogens is 895 g/mol. The van der Waals surface area contributed by atoms with Crippen LogP contribution in [-0.2, 0) is 33.8 Å². The average molecular weight is 947 g/mol. The van der Waals surface area contributed by atoms with Crippen LogP contribution in [-0.4, -0.2) is 74.8 Å². The minimum absolute atomic E-state index is 0.000273. The highest BCUT2D eigenvalue weighted by molar-refractivity contribution is 7.99. The quantitative estimate of drug-likeness (QED) is 0.0762. The van der Waals surface area contributed by atoms with Crippen LogP contribution in [0, 0.1) is 0 Å². The number of aliphatic hydroxyl groups is 1. The molecule has 1 amide bonds. The number of carboxylic acids is 1. The van der Waals surface area contributed by atoms with E-state index in [0.29, 0.717) is 45.0 Å². The van der Waals surface area contributed by atoms with E-state index in [1.54, 1.807) is 23.9 Å². The first-order valence-electron chi connectivity index (χ1n) is 22.0. The van der Waals surface area contributed by atoms with Gasteiger partial charge in [0.05, 0.1) is 17.0 Å². The van der Waals surface area contributed by atoms with Crippen molar-refractivity contribution in [2.45, 2.75) is 36.2 Å². The molecule has 0 spiro atoms. The molecule has 348 valence electrons. The Morgan fingerprint density at radius 1 is 0.824 bits per heavy atom. The van der Waals surface area contributed by atoms with Gasteiger partial charge in [0.25, 0.3) is 0 Å². The van der Waals surface area contributed by atoms with Crippen LogP contribution in [0.4, 0.5) is 11.4 Å². The second-order valence-corrected chi connectivity index (χ2v) is 17.7. The number of rotatable bonds is 17. The second-order valence-electron chi connectivity index (χ2n) is 16.2. The Balaban J connectivity index is 0.000000224. The Hall–Kier alpha value is -6.94. The van der Waals surface area contributed by atoms with Gasteiger partial charge in [0.2, 0.25) is 5.91 Å². The van der Waals surface area contributed by atoms with Gasteiger partial charge in [-0.15, -0.1) is 0 Å². The molecule has 14 heteroatoms. The summed E-state index contributed by atoms with van der Waals surface area (Å²) in [6.07, 6.45) is 1.07. The molecule has 0 saturated carbocycles. The molecule has 8 rings (SSSR count). The number of carbonyl (C=O) groups excluding carboxylic acids is 3. The molecule has 0 saturated heterocycles. The maximum atomic E-state index is 12.3. The van der Waals surface area contributed by atoms with Crippen LogP contribution in [0.1, 0.15) is 50.7 Å². The van der Waals surface area contributed by atoms with E-state index in [2.05, 4.69) is 96.5 Å². The number of aromatic carboxylic acids is 1. The molecule has 6 aromatic carbocycles. The van der Waals surface area contributed by atoms with Crippen LogP contribution >= 0.6 is 24.0 Å². The fourth-order valence-corrected chi connectivity index (χ4v) is 8.99. The predicted molar refractivity (Wildman–Crippen MR) is 269 cm³/mol. The number of anilines is 1. The molecule has 0 radical (unpaired) electrons. The summed E-state index contributed by atoms with van der Waals surface area (Å²) in [5.74, 6) is -1.13. The van der Waals surface area contributed by atoms with Gasteiger partial charge in [0.1, 0.15) is 36.3 Å². The van der Waals surface area contributed by atoms with Crippen molar-refractivity contribution >= 4 is 76.7 Å². The van der Waals surface area contributed by atoms with E-state index in [1.807, 2.05) is 55.6 Å². The number of fused-ring (bicyclic) bond motifs is 4. The van der Waals surface area contributed by atoms with Gasteiger partial charge in [0.15, 0.2) is 5.78 Å². The number of nitrogens with one attached hydrogen (secondary N) is 3. The van der Waals surface area contributed by atoms with E-state index in [1.165, 1.54) is 32.7 Å². The first-order chi connectivity index (χ1) is 32.8. The van der Waals surface area contributed by atoms with Gasteiger partial charge in [-0.25, -0.2) is 4.99 Å². The number of hydrogen-bond donors (Lipinski definition) is 4. The number of amides is 1. The summed E-state index contributed by atoms with van der Waals surface area (Å²) in [5.41, 5.74) is 8.37. The van der Waals surface area contributed by atoms with Gasteiger partial charge >= 0.3 is 0 Å². The van der Waals surface area contributed by atoms with Gasteiger partial charge in [-0.1, -0.05) is 111 Å². The third kappa shape index (κ3) is 12.1. The summed E-state index contributed by atoms with van der Waals surface area (Å²) in [6.45, 7) is 11.0. The molecule has 2 aliphatic heterocycles. The van der Waals surface area contributed by atoms with E-state index in [-0.39, 0.29) is 31.9 Å². The molecule has 4 N–H and O–H groups in total. The fourth-order valence-electron chi connectivity index (χ4n) is 7.70. The Morgan fingerprint density at radius 2 is 1.60 bits per heavy atom. The zero-order chi connectivity index (χ0) is 48.3. The van der Waals surface area contributed by atoms with Gasteiger partial charge in [-0.05, 0) is 94.7 Å². The number of hydrogen-bond acceptors (Lipinski definition) is 12. The normalized spacial score (nSPS) is 11.8. The standard InChI is InChI=1S/C31H31N3O7S.C23H22N2S/c1-18-3-6-23-26(11-18)41-27-12-19(14-32-2)4-7-24(27)29(23)25-13-20(5-8-22(25)31(38)39)30(42)34-10-9-33-28(37)17-40-16-21(36)15-35;1-4-17-6-5-7-18(13-17)15-25(3)19-9-11-21-23(14-19)26-22-12-16(2)8-10-20(22)24-21/h3-8,11-13,32,35H,1,9-10,14-17H2,2H3,(H,33,37)(H,34,42)(H,38,39);5-14H,2,4,15H2,1,3H3/p-1. The third-order valence-corrected chi connectivity index (χ3v) is 12.6. The molecule has 2 heterocycles. The van der Waals surface area contributed by atoms with Crippen LogP contribution in [0.5, 0.6) is 11.5 Å². The molecule has 0 atom stereocenters. The van der Waals surface area contributed by atoms with E-state index in [4.69, 9.17) is 31.8 Å². The SMILES string of the molecule is C=c1ccc2c(c1)Oc1cc(CNC)ccc1C=2c1cc(C(=S)NCCNC(=O)COCC(=O)CO)ccc1C(=O)[O-].C=c1ccc2c(c1)Sc1cc(N(C)Cc3cccc(CC)c3)ccc1N=2. The van der Waals surface area contributed by atoms with E-state index in [0.717, 1.165) is 45.6 Å². The lowest BCUT2D eigenvalue weighted by Crippen LogP contribution is -2.36. The predicted octanol–water partition coefficient (Wildman–Crippen LogP) is 4.20. The number of ether oxygens (including phenoxy) is 2. The second kappa shape index (κ2) is 22.7. The Bertz CT molecular complexity index is 3140. The molecule has 0 fully saturated rings. The number of Topliss-reactive ketones (excluding diaryl/α,β-unsaturated/α-hetero) is 1. The highest BCUT2D eigenvalue weighted by Gasteiger charge is 2.24.